The summed E-state index contributed by atoms with van der Waals surface area (Å²) in [6.07, 6.45) is 0. The number of carbonyl (C=O) groups excluding carboxylic acids is 2. The van der Waals surface area contributed by atoms with Gasteiger partial charge in [0.25, 0.3) is 0 Å². The summed E-state index contributed by atoms with van der Waals surface area (Å²) in [6.45, 7) is 6.81. The summed E-state index contributed by atoms with van der Waals surface area (Å²) in [7, 11) is 0. The van der Waals surface area contributed by atoms with Gasteiger partial charge in [-0.15, -0.1) is 0 Å². The lowest BCUT2D eigenvalue weighted by Crippen LogP contribution is -2.24. The largest absolute Gasteiger partial charge is 0.456 e. The highest BCUT2D eigenvalue weighted by Crippen LogP contribution is 2.15. The van der Waals surface area contributed by atoms with Crippen LogP contribution in [0.25, 0.3) is 0 Å². The summed E-state index contributed by atoms with van der Waals surface area (Å²) in [4.78, 5) is 23.1. The highest BCUT2D eigenvalue weighted by atomic mass is 16.6. The molecule has 0 unspecified atom stereocenters. The van der Waals surface area contributed by atoms with E-state index in [1.807, 2.05) is 0 Å². The fourth-order valence-corrected chi connectivity index (χ4v) is 1.30. The zero-order valence-corrected chi connectivity index (χ0v) is 10.0. The fourth-order valence-electron chi connectivity index (χ4n) is 1.30. The molecule has 0 radical (unpaired) electrons. The quantitative estimate of drug-likeness (QED) is 0.568. The molecule has 16 heavy (non-hydrogen) atoms. The molecule has 0 amide bonds. The topological polar surface area (TPSA) is 43.4 Å². The van der Waals surface area contributed by atoms with Gasteiger partial charge in [0.05, 0.1) is 5.56 Å². The van der Waals surface area contributed by atoms with E-state index in [0.29, 0.717) is 11.1 Å². The molecule has 3 heteroatoms. The van der Waals surface area contributed by atoms with Crippen molar-refractivity contribution in [2.75, 3.05) is 0 Å². The zero-order valence-electron chi connectivity index (χ0n) is 10.0. The van der Waals surface area contributed by atoms with Crippen molar-refractivity contribution in [3.8, 4) is 0 Å². The second kappa shape index (κ2) is 4.47. The average molecular weight is 220 g/mol. The normalized spacial score (nSPS) is 11.0. The van der Waals surface area contributed by atoms with Crippen LogP contribution in [0.3, 0.4) is 0 Å². The summed E-state index contributed by atoms with van der Waals surface area (Å²) in [5.41, 5.74) is 0.169. The SMILES string of the molecule is CC(=O)c1ccccc1C(=O)OC(C)(C)C. The standard InChI is InChI=1S/C13H16O3/c1-9(14)10-7-5-6-8-11(10)12(15)16-13(2,3)4/h5-8H,1-4H3. The highest BCUT2D eigenvalue weighted by molar-refractivity contribution is 6.05. The molecule has 1 rings (SSSR count). The summed E-state index contributed by atoms with van der Waals surface area (Å²) >= 11 is 0. The van der Waals surface area contributed by atoms with Crippen LogP contribution in [0.5, 0.6) is 0 Å². The Kier molecular flexibility index (Phi) is 3.48. The van der Waals surface area contributed by atoms with Crippen LogP contribution in [0.4, 0.5) is 0 Å². The number of rotatable bonds is 2. The molecule has 0 saturated heterocycles. The first kappa shape index (κ1) is 12.4. The van der Waals surface area contributed by atoms with Crippen LogP contribution in [-0.2, 0) is 4.74 Å². The summed E-state index contributed by atoms with van der Waals surface area (Å²) in [6, 6.07) is 6.67. The minimum atomic E-state index is -0.555. The second-order valence-corrected chi connectivity index (χ2v) is 4.60. The van der Waals surface area contributed by atoms with Crippen LogP contribution >= 0.6 is 0 Å². The molecule has 86 valence electrons. The third-order valence-electron chi connectivity index (χ3n) is 1.93. The molecule has 0 bridgehead atoms. The maximum absolute atomic E-state index is 11.8. The van der Waals surface area contributed by atoms with Gasteiger partial charge in [0, 0.05) is 5.56 Å². The van der Waals surface area contributed by atoms with Crippen molar-refractivity contribution >= 4 is 11.8 Å². The first-order valence-electron chi connectivity index (χ1n) is 5.14. The van der Waals surface area contributed by atoms with Gasteiger partial charge in [0.1, 0.15) is 5.60 Å². The van der Waals surface area contributed by atoms with Crippen molar-refractivity contribution in [2.24, 2.45) is 0 Å². The molecule has 0 aromatic heterocycles. The number of ether oxygens (including phenoxy) is 1. The molecular formula is C13H16O3. The Morgan fingerprint density at radius 1 is 1.06 bits per heavy atom. The lowest BCUT2D eigenvalue weighted by Gasteiger charge is -2.20. The third-order valence-corrected chi connectivity index (χ3v) is 1.93. The molecule has 0 atom stereocenters. The summed E-state index contributed by atoms with van der Waals surface area (Å²) in [5, 5.41) is 0. The molecule has 0 heterocycles. The van der Waals surface area contributed by atoms with Gasteiger partial charge < -0.3 is 4.74 Å². The second-order valence-electron chi connectivity index (χ2n) is 4.60. The maximum atomic E-state index is 11.8. The van der Waals surface area contributed by atoms with E-state index >= 15 is 0 Å². The Labute approximate surface area is 95.4 Å². The van der Waals surface area contributed by atoms with Crippen LogP contribution in [0.1, 0.15) is 48.4 Å². The van der Waals surface area contributed by atoms with Crippen LogP contribution in [-0.4, -0.2) is 17.4 Å². The monoisotopic (exact) mass is 220 g/mol. The van der Waals surface area contributed by atoms with E-state index in [0.717, 1.165) is 0 Å². The number of hydrogen-bond acceptors (Lipinski definition) is 3. The highest BCUT2D eigenvalue weighted by Gasteiger charge is 2.21. The molecule has 0 spiro atoms. The Hall–Kier alpha value is -1.64. The molecule has 1 aromatic carbocycles. The van der Waals surface area contributed by atoms with Gasteiger partial charge in [0.15, 0.2) is 5.78 Å². The van der Waals surface area contributed by atoms with Crippen molar-refractivity contribution in [1.82, 2.24) is 0 Å². The number of esters is 1. The molecule has 0 saturated carbocycles. The minimum absolute atomic E-state index is 0.138. The average Bonchev–Trinajstić information content (AvgIpc) is 2.15. The number of benzene rings is 1. The van der Waals surface area contributed by atoms with Crippen LogP contribution in [0.2, 0.25) is 0 Å². The predicted octanol–water partition coefficient (Wildman–Crippen LogP) is 2.84. The lowest BCUT2D eigenvalue weighted by molar-refractivity contribution is 0.00678. The van der Waals surface area contributed by atoms with Crippen molar-refractivity contribution in [1.29, 1.82) is 0 Å². The molecule has 0 fully saturated rings. The molecule has 0 aliphatic rings. The summed E-state index contributed by atoms with van der Waals surface area (Å²) in [5.74, 6) is -0.597. The number of Topliss-reactive ketones (excluding diaryl/α,β-unsaturated/α-hetero) is 1. The van der Waals surface area contributed by atoms with E-state index in [1.54, 1.807) is 45.0 Å². The third kappa shape index (κ3) is 3.19. The number of carbonyl (C=O) groups is 2. The van der Waals surface area contributed by atoms with Gasteiger partial charge >= 0.3 is 5.97 Å². The first-order valence-corrected chi connectivity index (χ1v) is 5.14. The van der Waals surface area contributed by atoms with Gasteiger partial charge in [-0.3, -0.25) is 4.79 Å². The fraction of sp³-hybridized carbons (Fsp3) is 0.385. The molecule has 0 aliphatic carbocycles. The van der Waals surface area contributed by atoms with Gasteiger partial charge in [-0.25, -0.2) is 4.79 Å². The van der Waals surface area contributed by atoms with Crippen LogP contribution < -0.4 is 0 Å². The Morgan fingerprint density at radius 3 is 2.00 bits per heavy atom. The van der Waals surface area contributed by atoms with Crippen LogP contribution in [0.15, 0.2) is 24.3 Å². The Morgan fingerprint density at radius 2 is 1.56 bits per heavy atom. The summed E-state index contributed by atoms with van der Waals surface area (Å²) < 4.78 is 5.22. The molecule has 0 aliphatic heterocycles. The van der Waals surface area contributed by atoms with E-state index in [9.17, 15) is 9.59 Å². The van der Waals surface area contributed by atoms with Gasteiger partial charge in [-0.2, -0.15) is 0 Å². The van der Waals surface area contributed by atoms with Gasteiger partial charge in [0.2, 0.25) is 0 Å². The number of hydrogen-bond donors (Lipinski definition) is 0. The van der Waals surface area contributed by atoms with Crippen molar-refractivity contribution < 1.29 is 14.3 Å². The maximum Gasteiger partial charge on any atom is 0.339 e. The van der Waals surface area contributed by atoms with Crippen LogP contribution in [0, 0.1) is 0 Å². The van der Waals surface area contributed by atoms with Crippen molar-refractivity contribution in [3.63, 3.8) is 0 Å². The van der Waals surface area contributed by atoms with Gasteiger partial charge in [-0.05, 0) is 33.8 Å². The van der Waals surface area contributed by atoms with E-state index in [4.69, 9.17) is 4.74 Å². The lowest BCUT2D eigenvalue weighted by atomic mass is 10.0. The van der Waals surface area contributed by atoms with E-state index in [2.05, 4.69) is 0 Å². The Bertz CT molecular complexity index is 413. The zero-order chi connectivity index (χ0) is 12.3. The van der Waals surface area contributed by atoms with E-state index in [1.165, 1.54) is 6.92 Å². The predicted molar refractivity (Wildman–Crippen MR) is 61.6 cm³/mol. The molecule has 3 nitrogen and oxygen atoms in total. The van der Waals surface area contributed by atoms with E-state index < -0.39 is 11.6 Å². The van der Waals surface area contributed by atoms with E-state index in [-0.39, 0.29) is 5.78 Å². The smallest absolute Gasteiger partial charge is 0.339 e. The van der Waals surface area contributed by atoms with Gasteiger partial charge in [-0.1, -0.05) is 18.2 Å². The first-order chi connectivity index (χ1) is 7.31. The minimum Gasteiger partial charge on any atom is -0.456 e. The van der Waals surface area contributed by atoms with Crippen molar-refractivity contribution in [3.05, 3.63) is 35.4 Å². The molecular weight excluding hydrogens is 204 g/mol. The van der Waals surface area contributed by atoms with Crippen molar-refractivity contribution in [2.45, 2.75) is 33.3 Å². The molecule has 0 N–H and O–H groups in total. The molecule has 1 aromatic rings. The number of ketones is 1. The Balaban J connectivity index is 3.04.